The van der Waals surface area contributed by atoms with Crippen molar-refractivity contribution < 1.29 is 28.2 Å². The first-order valence-electron chi connectivity index (χ1n) is 12.2. The minimum absolute atomic E-state index is 0.200. The molecule has 0 spiro atoms. The van der Waals surface area contributed by atoms with Gasteiger partial charge in [-0.1, -0.05) is 25.0 Å². The van der Waals surface area contributed by atoms with Crippen LogP contribution in [0, 0.1) is 5.82 Å². The van der Waals surface area contributed by atoms with Gasteiger partial charge in [0, 0.05) is 13.1 Å². The Morgan fingerprint density at radius 3 is 2.46 bits per heavy atom. The molecule has 0 aromatic heterocycles. The summed E-state index contributed by atoms with van der Waals surface area (Å²) in [7, 11) is 0. The Morgan fingerprint density at radius 2 is 1.78 bits per heavy atom. The quantitative estimate of drug-likeness (QED) is 0.351. The van der Waals surface area contributed by atoms with Gasteiger partial charge in [0.1, 0.15) is 19.0 Å². The average Bonchev–Trinajstić information content (AvgIpc) is 3.05. The fourth-order valence-electron chi connectivity index (χ4n) is 4.15. The van der Waals surface area contributed by atoms with Crippen molar-refractivity contribution in [1.82, 2.24) is 9.80 Å². The number of thioether (sulfide) groups is 1. The summed E-state index contributed by atoms with van der Waals surface area (Å²) in [6.07, 6.45) is 5.66. The molecule has 0 aliphatic carbocycles. The number of nitrogens with zero attached hydrogens (tertiary/aromatic N) is 2. The number of halogens is 2. The summed E-state index contributed by atoms with van der Waals surface area (Å²) in [6.45, 7) is 3.52. The van der Waals surface area contributed by atoms with E-state index in [-0.39, 0.29) is 29.8 Å². The number of likely N-dealkylation sites (tertiary alicyclic amines) is 1. The average molecular weight is 591 g/mol. The summed E-state index contributed by atoms with van der Waals surface area (Å²) in [4.78, 5) is 41.3. The molecule has 0 unspecified atom stereocenters. The third kappa shape index (κ3) is 6.93. The minimum Gasteiger partial charge on any atom is -0.490 e. The zero-order chi connectivity index (χ0) is 26.4. The van der Waals surface area contributed by atoms with Crippen LogP contribution in [0.5, 0.6) is 11.5 Å². The summed E-state index contributed by atoms with van der Waals surface area (Å²) >= 11 is 4.33. The van der Waals surface area contributed by atoms with Crippen molar-refractivity contribution in [2.45, 2.75) is 39.2 Å². The van der Waals surface area contributed by atoms with Crippen LogP contribution in [-0.4, -0.2) is 53.1 Å². The summed E-state index contributed by atoms with van der Waals surface area (Å²) in [5, 5.41) is -0.456. The van der Waals surface area contributed by atoms with E-state index in [0.717, 1.165) is 47.9 Å². The van der Waals surface area contributed by atoms with E-state index in [0.29, 0.717) is 41.2 Å². The second-order valence-electron chi connectivity index (χ2n) is 8.74. The number of hydrogen-bond acceptors (Lipinski definition) is 6. The summed E-state index contributed by atoms with van der Waals surface area (Å²) in [6, 6.07) is 9.52. The Hall–Kier alpha value is -2.85. The molecule has 0 saturated carbocycles. The van der Waals surface area contributed by atoms with E-state index in [1.54, 1.807) is 35.2 Å². The maximum atomic E-state index is 13.2. The van der Waals surface area contributed by atoms with Gasteiger partial charge < -0.3 is 14.4 Å². The molecule has 0 bridgehead atoms. The molecule has 2 aromatic rings. The number of carbonyl (C=O) groups is 3. The van der Waals surface area contributed by atoms with Crippen LogP contribution in [0.2, 0.25) is 0 Å². The number of rotatable bonds is 8. The lowest BCUT2D eigenvalue weighted by Gasteiger charge is -2.22. The first-order chi connectivity index (χ1) is 17.9. The summed E-state index contributed by atoms with van der Waals surface area (Å²) < 4.78 is 25.5. The van der Waals surface area contributed by atoms with Crippen LogP contribution in [0.3, 0.4) is 0 Å². The molecule has 3 amide bonds. The van der Waals surface area contributed by atoms with Crippen LogP contribution >= 0.6 is 27.7 Å². The highest BCUT2D eigenvalue weighted by Crippen LogP contribution is 2.39. The molecule has 0 radical (unpaired) electrons. The Labute approximate surface area is 228 Å². The Balaban J connectivity index is 1.49. The van der Waals surface area contributed by atoms with Gasteiger partial charge in [-0.15, -0.1) is 0 Å². The van der Waals surface area contributed by atoms with Crippen LogP contribution in [0.1, 0.15) is 43.7 Å². The van der Waals surface area contributed by atoms with Gasteiger partial charge in [-0.05, 0) is 88.9 Å². The van der Waals surface area contributed by atoms with Gasteiger partial charge >= 0.3 is 0 Å². The van der Waals surface area contributed by atoms with Crippen LogP contribution in [-0.2, 0) is 16.2 Å². The maximum absolute atomic E-state index is 13.2. The summed E-state index contributed by atoms with van der Waals surface area (Å²) in [5.41, 5.74) is 1.43. The van der Waals surface area contributed by atoms with E-state index < -0.39 is 11.1 Å². The molecule has 10 heteroatoms. The van der Waals surface area contributed by atoms with Crippen molar-refractivity contribution >= 4 is 50.8 Å². The topological polar surface area (TPSA) is 76.2 Å². The molecular weight excluding hydrogens is 563 g/mol. The van der Waals surface area contributed by atoms with E-state index >= 15 is 0 Å². The van der Waals surface area contributed by atoms with Gasteiger partial charge in [0.15, 0.2) is 11.5 Å². The lowest BCUT2D eigenvalue weighted by Crippen LogP contribution is -2.42. The Bertz CT molecular complexity index is 1200. The third-order valence-electron chi connectivity index (χ3n) is 6.05. The predicted octanol–water partition coefficient (Wildman–Crippen LogP) is 6.00. The summed E-state index contributed by atoms with van der Waals surface area (Å²) in [5.74, 6) is -0.0707. The minimum atomic E-state index is -0.483. The van der Waals surface area contributed by atoms with E-state index in [2.05, 4.69) is 15.9 Å². The standard InChI is InChI=1S/C27H28BrFN2O5S/c1-2-35-22-14-19(13-21(28)25(22)36-17-18-7-9-20(29)10-8-18)15-23-26(33)31(27(34)37-23)16-24(32)30-11-5-3-4-6-12-30/h7-10,13-15H,2-6,11-12,16-17H2,1H3. The Morgan fingerprint density at radius 1 is 1.08 bits per heavy atom. The van der Waals surface area contributed by atoms with Gasteiger partial charge in [-0.3, -0.25) is 19.3 Å². The van der Waals surface area contributed by atoms with Crippen molar-refractivity contribution in [2.24, 2.45) is 0 Å². The lowest BCUT2D eigenvalue weighted by molar-refractivity contribution is -0.135. The molecule has 4 rings (SSSR count). The second-order valence-corrected chi connectivity index (χ2v) is 10.6. The van der Waals surface area contributed by atoms with Crippen molar-refractivity contribution in [2.75, 3.05) is 26.2 Å². The number of carbonyl (C=O) groups excluding carboxylic acids is 3. The number of ether oxygens (including phenoxy) is 2. The van der Waals surface area contributed by atoms with Gasteiger partial charge in [-0.25, -0.2) is 4.39 Å². The molecule has 37 heavy (non-hydrogen) atoms. The lowest BCUT2D eigenvalue weighted by atomic mass is 10.1. The fourth-order valence-corrected chi connectivity index (χ4v) is 5.57. The third-order valence-corrected chi connectivity index (χ3v) is 7.55. The van der Waals surface area contributed by atoms with Gasteiger partial charge in [-0.2, -0.15) is 0 Å². The van der Waals surface area contributed by atoms with Crippen molar-refractivity contribution in [1.29, 1.82) is 0 Å². The molecule has 0 N–H and O–H groups in total. The first-order valence-corrected chi connectivity index (χ1v) is 13.8. The van der Waals surface area contributed by atoms with E-state index in [1.807, 2.05) is 6.92 Å². The van der Waals surface area contributed by atoms with E-state index in [4.69, 9.17) is 9.47 Å². The Kier molecular flexibility index (Phi) is 9.26. The number of benzene rings is 2. The maximum Gasteiger partial charge on any atom is 0.294 e. The molecule has 2 aliphatic heterocycles. The van der Waals surface area contributed by atoms with Crippen LogP contribution < -0.4 is 9.47 Å². The molecule has 2 fully saturated rings. The molecule has 196 valence electrons. The zero-order valence-corrected chi connectivity index (χ0v) is 22.9. The highest BCUT2D eigenvalue weighted by molar-refractivity contribution is 9.10. The molecule has 2 aliphatic rings. The highest BCUT2D eigenvalue weighted by Gasteiger charge is 2.37. The molecule has 7 nitrogen and oxygen atoms in total. The molecule has 2 heterocycles. The van der Waals surface area contributed by atoms with Crippen molar-refractivity contribution in [3.8, 4) is 11.5 Å². The fraction of sp³-hybridized carbons (Fsp3) is 0.370. The SMILES string of the molecule is CCOc1cc(C=C2SC(=O)N(CC(=O)N3CCCCCC3)C2=O)cc(Br)c1OCc1ccc(F)cc1. The second kappa shape index (κ2) is 12.6. The van der Waals surface area contributed by atoms with E-state index in [1.165, 1.54) is 12.1 Å². The molecule has 2 saturated heterocycles. The van der Waals surface area contributed by atoms with E-state index in [9.17, 15) is 18.8 Å². The predicted molar refractivity (Wildman–Crippen MR) is 144 cm³/mol. The van der Waals surface area contributed by atoms with Crippen LogP contribution in [0.25, 0.3) is 6.08 Å². The van der Waals surface area contributed by atoms with Crippen LogP contribution in [0.4, 0.5) is 9.18 Å². The van der Waals surface area contributed by atoms with Gasteiger partial charge in [0.2, 0.25) is 5.91 Å². The van der Waals surface area contributed by atoms with Gasteiger partial charge in [0.25, 0.3) is 11.1 Å². The molecule has 2 aromatic carbocycles. The normalized spacial score (nSPS) is 17.3. The monoisotopic (exact) mass is 590 g/mol. The molecule has 0 atom stereocenters. The van der Waals surface area contributed by atoms with Crippen molar-refractivity contribution in [3.05, 3.63) is 62.7 Å². The highest BCUT2D eigenvalue weighted by atomic mass is 79.9. The number of hydrogen-bond donors (Lipinski definition) is 0. The first kappa shape index (κ1) is 27.2. The number of amides is 3. The molecular formula is C27H28BrFN2O5S. The van der Waals surface area contributed by atoms with Crippen LogP contribution in [0.15, 0.2) is 45.8 Å². The largest absolute Gasteiger partial charge is 0.490 e. The van der Waals surface area contributed by atoms with Crippen molar-refractivity contribution in [3.63, 3.8) is 0 Å². The zero-order valence-electron chi connectivity index (χ0n) is 20.5. The number of imide groups is 1. The van der Waals surface area contributed by atoms with Gasteiger partial charge in [0.05, 0.1) is 16.0 Å². The smallest absolute Gasteiger partial charge is 0.294 e.